The van der Waals surface area contributed by atoms with Gasteiger partial charge < -0.3 is 28.4 Å². The summed E-state index contributed by atoms with van der Waals surface area (Å²) >= 11 is 0. The highest BCUT2D eigenvalue weighted by Gasteiger charge is 2.30. The molecule has 4 aliphatic heterocycles. The maximum absolute atomic E-state index is 11.1. The van der Waals surface area contributed by atoms with Gasteiger partial charge in [-0.15, -0.1) is 0 Å². The fourth-order valence-electron chi connectivity index (χ4n) is 4.55. The van der Waals surface area contributed by atoms with Gasteiger partial charge in [0.2, 0.25) is 5.79 Å². The third-order valence-corrected chi connectivity index (χ3v) is 6.45. The zero-order valence-corrected chi connectivity index (χ0v) is 23.3. The monoisotopic (exact) mass is 554 g/mol. The smallest absolute Gasteiger partial charge is 0.338 e. The van der Waals surface area contributed by atoms with Gasteiger partial charge in [-0.25, -0.2) is 4.79 Å². The molecule has 0 atom stereocenters. The molecule has 7 heteroatoms. The van der Waals surface area contributed by atoms with Crippen LogP contribution < -0.4 is 23.7 Å². The summed E-state index contributed by atoms with van der Waals surface area (Å²) < 4.78 is 31.7. The van der Waals surface area contributed by atoms with Crippen LogP contribution in [0, 0.1) is 0 Å². The number of rotatable bonds is 0. The summed E-state index contributed by atoms with van der Waals surface area (Å²) in [5, 5.41) is 0. The SMILES string of the molecule is CC1(C)Oc2ccccc2O1.O=C1OCCc2ccccc21.c1ccc2c(c1)CCO2.c1ccc2c(c1)OCCO2. The minimum absolute atomic E-state index is 0.188. The van der Waals surface area contributed by atoms with Crippen LogP contribution in [0.4, 0.5) is 0 Å². The van der Waals surface area contributed by atoms with Crippen LogP contribution in [0.1, 0.15) is 35.3 Å². The van der Waals surface area contributed by atoms with Gasteiger partial charge in [0.15, 0.2) is 23.0 Å². The maximum Gasteiger partial charge on any atom is 0.338 e. The van der Waals surface area contributed by atoms with Gasteiger partial charge in [0.05, 0.1) is 18.8 Å². The normalized spacial score (nSPS) is 15.9. The number of esters is 1. The van der Waals surface area contributed by atoms with E-state index in [1.54, 1.807) is 6.07 Å². The second-order valence-corrected chi connectivity index (χ2v) is 9.94. The summed E-state index contributed by atoms with van der Waals surface area (Å²) in [6, 6.07) is 31.1. The number of cyclic esters (lactones) is 1. The van der Waals surface area contributed by atoms with E-state index in [-0.39, 0.29) is 5.97 Å². The molecule has 4 aliphatic rings. The number of hydrogen-bond donors (Lipinski definition) is 0. The molecule has 4 aromatic rings. The van der Waals surface area contributed by atoms with E-state index in [2.05, 4.69) is 6.07 Å². The van der Waals surface area contributed by atoms with E-state index in [9.17, 15) is 4.79 Å². The minimum atomic E-state index is -0.496. The van der Waals surface area contributed by atoms with Crippen LogP contribution in [0.15, 0.2) is 97.1 Å². The van der Waals surface area contributed by atoms with Crippen molar-refractivity contribution in [2.45, 2.75) is 32.5 Å². The average molecular weight is 555 g/mol. The lowest BCUT2D eigenvalue weighted by Crippen LogP contribution is -2.29. The van der Waals surface area contributed by atoms with Gasteiger partial charge in [-0.3, -0.25) is 0 Å². The molecule has 0 fully saturated rings. The number of carbonyl (C=O) groups excluding carboxylic acids is 1. The largest absolute Gasteiger partial charge is 0.493 e. The highest BCUT2D eigenvalue weighted by atomic mass is 16.7. The van der Waals surface area contributed by atoms with Gasteiger partial charge in [-0.1, -0.05) is 60.7 Å². The van der Waals surface area contributed by atoms with Crippen molar-refractivity contribution in [1.29, 1.82) is 0 Å². The van der Waals surface area contributed by atoms with E-state index in [4.69, 9.17) is 28.4 Å². The van der Waals surface area contributed by atoms with Crippen LogP contribution in [0.5, 0.6) is 28.7 Å². The first-order valence-electron chi connectivity index (χ1n) is 13.8. The number of benzene rings is 4. The molecule has 0 bridgehead atoms. The number of para-hydroxylation sites is 5. The van der Waals surface area contributed by atoms with Crippen molar-refractivity contribution < 1.29 is 33.2 Å². The van der Waals surface area contributed by atoms with Crippen LogP contribution in [0.2, 0.25) is 0 Å². The van der Waals surface area contributed by atoms with Gasteiger partial charge in [0, 0.05) is 26.7 Å². The van der Waals surface area contributed by atoms with Gasteiger partial charge in [-0.05, 0) is 47.5 Å². The van der Waals surface area contributed by atoms with E-state index in [1.165, 1.54) is 5.56 Å². The van der Waals surface area contributed by atoms with Gasteiger partial charge in [0.25, 0.3) is 0 Å². The van der Waals surface area contributed by atoms with E-state index in [0.29, 0.717) is 19.8 Å². The Hall–Kier alpha value is -4.65. The summed E-state index contributed by atoms with van der Waals surface area (Å²) in [4.78, 5) is 11.1. The average Bonchev–Trinajstić information content (AvgIpc) is 3.61. The Kier molecular flexibility index (Phi) is 8.94. The van der Waals surface area contributed by atoms with Crippen molar-refractivity contribution in [2.75, 3.05) is 26.4 Å². The van der Waals surface area contributed by atoms with E-state index in [1.807, 2.05) is 98.8 Å². The quantitative estimate of drug-likeness (QED) is 0.225. The lowest BCUT2D eigenvalue weighted by molar-refractivity contribution is -0.0431. The molecule has 8 rings (SSSR count). The second kappa shape index (κ2) is 13.1. The van der Waals surface area contributed by atoms with Gasteiger partial charge in [-0.2, -0.15) is 0 Å². The summed E-state index contributed by atoms with van der Waals surface area (Å²) in [5.74, 6) is 3.76. The molecule has 0 unspecified atom stereocenters. The van der Waals surface area contributed by atoms with Crippen molar-refractivity contribution in [3.8, 4) is 28.7 Å². The Bertz CT molecular complexity index is 1390. The minimum Gasteiger partial charge on any atom is -0.493 e. The molecule has 0 amide bonds. The molecule has 0 saturated carbocycles. The van der Waals surface area contributed by atoms with Gasteiger partial charge in [0.1, 0.15) is 19.0 Å². The maximum atomic E-state index is 11.1. The predicted octanol–water partition coefficient (Wildman–Crippen LogP) is 6.67. The highest BCUT2D eigenvalue weighted by Crippen LogP contribution is 2.38. The molecular weight excluding hydrogens is 520 g/mol. The summed E-state index contributed by atoms with van der Waals surface area (Å²) in [7, 11) is 0. The standard InChI is InChI=1S/C9H10O2.C9H8O2.C8H8O2.C8H8O/c1-9(2)10-7-5-3-4-6-8(7)11-9;10-9-8-4-2-1-3-7(8)5-6-11-9;1-2-4-8-7(3-1)9-5-6-10-8;1-2-4-8-7(3-1)5-6-9-8/h3-6H,1-2H3;1-4H,5-6H2;1-4H,5-6H2;1-4H,5-6H2. The first-order valence-corrected chi connectivity index (χ1v) is 13.8. The Labute approximate surface area is 240 Å². The topological polar surface area (TPSA) is 72.5 Å². The Morgan fingerprint density at radius 1 is 0.488 bits per heavy atom. The van der Waals surface area contributed by atoms with E-state index < -0.39 is 5.79 Å². The van der Waals surface area contributed by atoms with Crippen molar-refractivity contribution in [2.24, 2.45) is 0 Å². The number of fused-ring (bicyclic) bond motifs is 4. The second-order valence-electron chi connectivity index (χ2n) is 9.94. The van der Waals surface area contributed by atoms with Crippen molar-refractivity contribution in [3.63, 3.8) is 0 Å². The van der Waals surface area contributed by atoms with Crippen LogP contribution >= 0.6 is 0 Å². The molecule has 7 nitrogen and oxygen atoms in total. The molecule has 0 aliphatic carbocycles. The Morgan fingerprint density at radius 2 is 0.927 bits per heavy atom. The third kappa shape index (κ3) is 7.51. The van der Waals surface area contributed by atoms with Crippen molar-refractivity contribution in [3.05, 3.63) is 114 Å². The number of carbonyl (C=O) groups is 1. The Balaban J connectivity index is 0.000000110. The first-order chi connectivity index (χ1) is 20.0. The Morgan fingerprint density at radius 3 is 1.51 bits per heavy atom. The molecule has 0 aromatic heterocycles. The van der Waals surface area contributed by atoms with Crippen LogP contribution in [0.25, 0.3) is 0 Å². The van der Waals surface area contributed by atoms with Crippen molar-refractivity contribution in [1.82, 2.24) is 0 Å². The van der Waals surface area contributed by atoms with Crippen LogP contribution in [-0.4, -0.2) is 38.2 Å². The van der Waals surface area contributed by atoms with E-state index in [0.717, 1.165) is 59.3 Å². The van der Waals surface area contributed by atoms with Crippen molar-refractivity contribution >= 4 is 5.97 Å². The molecule has 0 saturated heterocycles. The molecule has 0 N–H and O–H groups in total. The fourth-order valence-corrected chi connectivity index (χ4v) is 4.55. The molecule has 4 aromatic carbocycles. The van der Waals surface area contributed by atoms with Crippen LogP contribution in [0.3, 0.4) is 0 Å². The lowest BCUT2D eigenvalue weighted by Gasteiger charge is -2.17. The first kappa shape index (κ1) is 27.9. The molecule has 41 heavy (non-hydrogen) atoms. The fraction of sp³-hybridized carbons (Fsp3) is 0.265. The third-order valence-electron chi connectivity index (χ3n) is 6.45. The molecule has 212 valence electrons. The number of ether oxygens (including phenoxy) is 6. The zero-order chi connectivity index (χ0) is 28.5. The lowest BCUT2D eigenvalue weighted by atomic mass is 10.0. The molecular formula is C34H34O7. The summed E-state index contributed by atoms with van der Waals surface area (Å²) in [6.45, 7) is 6.50. The molecule has 0 radical (unpaired) electrons. The summed E-state index contributed by atoms with van der Waals surface area (Å²) in [5.41, 5.74) is 3.17. The molecule has 0 spiro atoms. The van der Waals surface area contributed by atoms with Crippen LogP contribution in [-0.2, 0) is 17.6 Å². The number of hydrogen-bond acceptors (Lipinski definition) is 7. The summed E-state index contributed by atoms with van der Waals surface area (Å²) in [6.07, 6.45) is 1.93. The zero-order valence-electron chi connectivity index (χ0n) is 23.3. The predicted molar refractivity (Wildman–Crippen MR) is 155 cm³/mol. The highest BCUT2D eigenvalue weighted by molar-refractivity contribution is 5.91. The van der Waals surface area contributed by atoms with E-state index >= 15 is 0 Å². The molecule has 4 heterocycles. The van der Waals surface area contributed by atoms with Gasteiger partial charge >= 0.3 is 5.97 Å².